The second kappa shape index (κ2) is 8.07. The van der Waals surface area contributed by atoms with Crippen molar-refractivity contribution in [3.63, 3.8) is 0 Å². The van der Waals surface area contributed by atoms with Crippen LogP contribution < -0.4 is 15.4 Å². The van der Waals surface area contributed by atoms with Gasteiger partial charge in [0.15, 0.2) is 5.96 Å². The molecule has 22 heavy (non-hydrogen) atoms. The summed E-state index contributed by atoms with van der Waals surface area (Å²) in [4.78, 5) is 4.22. The van der Waals surface area contributed by atoms with Crippen molar-refractivity contribution in [1.29, 1.82) is 0 Å². The quantitative estimate of drug-likeness (QED) is 0.628. The maximum absolute atomic E-state index is 5.22. The van der Waals surface area contributed by atoms with Crippen molar-refractivity contribution < 1.29 is 4.74 Å². The highest BCUT2D eigenvalue weighted by atomic mass is 16.5. The molecule has 0 spiro atoms. The normalized spacial score (nSPS) is 11.3. The van der Waals surface area contributed by atoms with E-state index in [4.69, 9.17) is 4.74 Å². The number of hydrogen-bond acceptors (Lipinski definition) is 3. The third kappa shape index (κ3) is 4.80. The highest BCUT2D eigenvalue weighted by molar-refractivity contribution is 5.79. The molecule has 2 N–H and O–H groups in total. The van der Waals surface area contributed by atoms with Crippen LogP contribution in [-0.4, -0.2) is 36.4 Å². The van der Waals surface area contributed by atoms with Crippen LogP contribution in [0.1, 0.15) is 11.1 Å². The van der Waals surface area contributed by atoms with E-state index in [9.17, 15) is 0 Å². The molecule has 0 aliphatic carbocycles. The largest absolute Gasteiger partial charge is 0.497 e. The number of nitrogens with zero attached hydrogens (tertiary/aromatic N) is 3. The number of guanidine groups is 1. The summed E-state index contributed by atoms with van der Waals surface area (Å²) in [7, 11) is 3.43. The molecule has 0 amide bonds. The van der Waals surface area contributed by atoms with Crippen LogP contribution in [0.25, 0.3) is 0 Å². The lowest BCUT2D eigenvalue weighted by molar-refractivity contribution is 0.414. The zero-order valence-corrected chi connectivity index (χ0v) is 13.3. The zero-order chi connectivity index (χ0) is 15.8. The number of aromatic nitrogens is 2. The van der Waals surface area contributed by atoms with Gasteiger partial charge in [-0.2, -0.15) is 5.10 Å². The highest BCUT2D eigenvalue weighted by Crippen LogP contribution is 2.11. The van der Waals surface area contributed by atoms with Crippen molar-refractivity contribution in [2.45, 2.75) is 20.0 Å². The van der Waals surface area contributed by atoms with Crippen molar-refractivity contribution in [3.8, 4) is 5.75 Å². The van der Waals surface area contributed by atoms with Gasteiger partial charge in [0.1, 0.15) is 5.75 Å². The van der Waals surface area contributed by atoms with Crippen molar-refractivity contribution in [2.75, 3.05) is 20.7 Å². The number of benzene rings is 1. The summed E-state index contributed by atoms with van der Waals surface area (Å²) >= 11 is 0. The molecule has 1 aromatic heterocycles. The molecule has 118 valence electrons. The third-order valence-electron chi connectivity index (χ3n) is 3.21. The summed E-state index contributed by atoms with van der Waals surface area (Å²) < 4.78 is 7.13. The van der Waals surface area contributed by atoms with Crippen LogP contribution in [0.15, 0.2) is 41.7 Å². The molecule has 0 fully saturated rings. The number of nitrogens with one attached hydrogen (secondary N) is 2. The predicted molar refractivity (Wildman–Crippen MR) is 88.2 cm³/mol. The fraction of sp³-hybridized carbons (Fsp3) is 0.375. The molecule has 0 aliphatic heterocycles. The van der Waals surface area contributed by atoms with Gasteiger partial charge in [0, 0.05) is 26.3 Å². The lowest BCUT2D eigenvalue weighted by Crippen LogP contribution is -2.38. The second-order valence-electron chi connectivity index (χ2n) is 4.98. The first-order valence-electron chi connectivity index (χ1n) is 7.28. The number of rotatable bonds is 6. The summed E-state index contributed by atoms with van der Waals surface area (Å²) in [6.07, 6.45) is 3.88. The van der Waals surface area contributed by atoms with Gasteiger partial charge in [-0.1, -0.05) is 12.1 Å². The Morgan fingerprint density at radius 3 is 2.91 bits per heavy atom. The Morgan fingerprint density at radius 2 is 2.23 bits per heavy atom. The minimum atomic E-state index is 0.692. The molecular formula is C16H23N5O. The fourth-order valence-corrected chi connectivity index (χ4v) is 2.07. The third-order valence-corrected chi connectivity index (χ3v) is 3.21. The van der Waals surface area contributed by atoms with Gasteiger partial charge in [-0.3, -0.25) is 9.67 Å². The minimum Gasteiger partial charge on any atom is -0.497 e. The van der Waals surface area contributed by atoms with E-state index >= 15 is 0 Å². The van der Waals surface area contributed by atoms with Crippen molar-refractivity contribution >= 4 is 5.96 Å². The van der Waals surface area contributed by atoms with E-state index in [1.165, 1.54) is 5.56 Å². The Bertz CT molecular complexity index is 621. The summed E-state index contributed by atoms with van der Waals surface area (Å²) in [6.45, 7) is 4.29. The van der Waals surface area contributed by atoms with E-state index in [0.717, 1.165) is 30.4 Å². The van der Waals surface area contributed by atoms with E-state index in [0.29, 0.717) is 6.54 Å². The van der Waals surface area contributed by atoms with Crippen LogP contribution in [-0.2, 0) is 13.1 Å². The number of aliphatic imine (C=N–C) groups is 1. The first-order chi connectivity index (χ1) is 10.7. The summed E-state index contributed by atoms with van der Waals surface area (Å²) in [6, 6.07) is 7.97. The fourth-order valence-electron chi connectivity index (χ4n) is 2.07. The number of methoxy groups -OCH3 is 1. The summed E-state index contributed by atoms with van der Waals surface area (Å²) in [5.74, 6) is 1.63. The molecule has 0 unspecified atom stereocenters. The van der Waals surface area contributed by atoms with Crippen LogP contribution in [0, 0.1) is 6.92 Å². The maximum atomic E-state index is 5.22. The molecule has 1 aromatic carbocycles. The number of hydrogen-bond donors (Lipinski definition) is 2. The van der Waals surface area contributed by atoms with Crippen molar-refractivity contribution in [1.82, 2.24) is 20.4 Å². The summed E-state index contributed by atoms with van der Waals surface area (Å²) in [5.41, 5.74) is 2.31. The molecule has 0 atom stereocenters. The topological polar surface area (TPSA) is 63.5 Å². The summed E-state index contributed by atoms with van der Waals surface area (Å²) in [5, 5.41) is 10.8. The van der Waals surface area contributed by atoms with Crippen LogP contribution in [0.5, 0.6) is 5.75 Å². The van der Waals surface area contributed by atoms with Crippen LogP contribution in [0.4, 0.5) is 0 Å². The highest BCUT2D eigenvalue weighted by Gasteiger charge is 2.00. The standard InChI is InChI=1S/C16H23N5O/c1-13-10-20-21(12-13)8-7-18-16(17-2)19-11-14-5-4-6-15(9-14)22-3/h4-6,9-10,12H,7-8,11H2,1-3H3,(H2,17,18,19). The molecular weight excluding hydrogens is 278 g/mol. The first kappa shape index (κ1) is 15.9. The van der Waals surface area contributed by atoms with Gasteiger partial charge in [-0.25, -0.2) is 0 Å². The van der Waals surface area contributed by atoms with Gasteiger partial charge in [0.25, 0.3) is 0 Å². The van der Waals surface area contributed by atoms with Crippen molar-refractivity contribution in [2.24, 2.45) is 4.99 Å². The van der Waals surface area contributed by atoms with E-state index in [1.54, 1.807) is 14.2 Å². The molecule has 0 saturated heterocycles. The van der Waals surface area contributed by atoms with Gasteiger partial charge in [0.2, 0.25) is 0 Å². The van der Waals surface area contributed by atoms with Crippen LogP contribution in [0.3, 0.4) is 0 Å². The van der Waals surface area contributed by atoms with Gasteiger partial charge >= 0.3 is 0 Å². The van der Waals surface area contributed by atoms with Crippen molar-refractivity contribution in [3.05, 3.63) is 47.8 Å². The average molecular weight is 301 g/mol. The van der Waals surface area contributed by atoms with Gasteiger partial charge in [-0.05, 0) is 30.2 Å². The van der Waals surface area contributed by atoms with Gasteiger partial charge < -0.3 is 15.4 Å². The zero-order valence-electron chi connectivity index (χ0n) is 13.3. The van der Waals surface area contributed by atoms with Crippen LogP contribution in [0.2, 0.25) is 0 Å². The van der Waals surface area contributed by atoms with Gasteiger partial charge in [0.05, 0.1) is 19.9 Å². The lowest BCUT2D eigenvalue weighted by atomic mass is 10.2. The van der Waals surface area contributed by atoms with E-state index < -0.39 is 0 Å². The molecule has 2 aromatic rings. The average Bonchev–Trinajstić information content (AvgIpc) is 2.96. The van der Waals surface area contributed by atoms with E-state index in [-0.39, 0.29) is 0 Å². The number of ether oxygens (including phenoxy) is 1. The minimum absolute atomic E-state index is 0.692. The lowest BCUT2D eigenvalue weighted by Gasteiger charge is -2.12. The molecule has 0 radical (unpaired) electrons. The smallest absolute Gasteiger partial charge is 0.191 e. The first-order valence-corrected chi connectivity index (χ1v) is 7.28. The maximum Gasteiger partial charge on any atom is 0.191 e. The molecule has 0 aliphatic rings. The molecule has 0 bridgehead atoms. The Morgan fingerprint density at radius 1 is 1.36 bits per heavy atom. The van der Waals surface area contributed by atoms with E-state index in [2.05, 4.69) is 26.8 Å². The number of aryl methyl sites for hydroxylation is 1. The Balaban J connectivity index is 1.77. The molecule has 1 heterocycles. The second-order valence-corrected chi connectivity index (χ2v) is 4.98. The molecule has 0 saturated carbocycles. The van der Waals surface area contributed by atoms with E-state index in [1.807, 2.05) is 42.2 Å². The molecule has 6 nitrogen and oxygen atoms in total. The van der Waals surface area contributed by atoms with Gasteiger partial charge in [-0.15, -0.1) is 0 Å². The SMILES string of the molecule is CN=C(NCCn1cc(C)cn1)NCc1cccc(OC)c1. The van der Waals surface area contributed by atoms with Crippen LogP contribution >= 0.6 is 0 Å². The molecule has 2 rings (SSSR count). The Hall–Kier alpha value is -2.50. The predicted octanol–water partition coefficient (Wildman–Crippen LogP) is 1.57. The monoisotopic (exact) mass is 301 g/mol. The Kier molecular flexibility index (Phi) is 5.82. The molecule has 6 heteroatoms. The Labute approximate surface area is 131 Å².